The van der Waals surface area contributed by atoms with E-state index in [-0.39, 0.29) is 6.42 Å². The summed E-state index contributed by atoms with van der Waals surface area (Å²) in [6.07, 6.45) is 1.62. The maximum Gasteiger partial charge on any atom is 0.308 e. The van der Waals surface area contributed by atoms with Crippen LogP contribution >= 0.6 is 11.8 Å². The lowest BCUT2D eigenvalue weighted by Crippen LogP contribution is -2.03. The van der Waals surface area contributed by atoms with Crippen LogP contribution in [0.3, 0.4) is 0 Å². The molecule has 1 N–H and O–H groups in total. The topological polar surface area (TPSA) is 46.5 Å². The van der Waals surface area contributed by atoms with Gasteiger partial charge in [0.1, 0.15) is 0 Å². The molecule has 1 rings (SSSR count). The SMILES string of the molecule is O=C(O)CC1=COCCS1. The molecule has 0 aliphatic carbocycles. The summed E-state index contributed by atoms with van der Waals surface area (Å²) < 4.78 is 4.94. The minimum absolute atomic E-state index is 0.0880. The molecule has 1 aliphatic heterocycles. The molecule has 56 valence electrons. The lowest BCUT2D eigenvalue weighted by atomic mass is 10.4. The number of carbonyl (C=O) groups is 1. The van der Waals surface area contributed by atoms with Gasteiger partial charge in [-0.25, -0.2) is 0 Å². The van der Waals surface area contributed by atoms with Crippen LogP contribution in [0.25, 0.3) is 0 Å². The van der Waals surface area contributed by atoms with Gasteiger partial charge in [0.2, 0.25) is 0 Å². The molecular weight excluding hydrogens is 152 g/mol. The van der Waals surface area contributed by atoms with E-state index in [1.165, 1.54) is 6.26 Å². The Bertz CT molecular complexity index is 164. The fourth-order valence-corrected chi connectivity index (χ4v) is 1.45. The second kappa shape index (κ2) is 3.51. The highest BCUT2D eigenvalue weighted by Crippen LogP contribution is 2.22. The zero-order valence-corrected chi connectivity index (χ0v) is 6.19. The van der Waals surface area contributed by atoms with Gasteiger partial charge in [-0.05, 0) is 0 Å². The van der Waals surface area contributed by atoms with Gasteiger partial charge in [-0.3, -0.25) is 4.79 Å². The molecule has 1 aliphatic rings. The summed E-state index contributed by atoms with van der Waals surface area (Å²) in [5.41, 5.74) is 0. The van der Waals surface area contributed by atoms with Crippen molar-refractivity contribution in [2.24, 2.45) is 0 Å². The van der Waals surface area contributed by atoms with E-state index >= 15 is 0 Å². The van der Waals surface area contributed by atoms with E-state index in [9.17, 15) is 4.79 Å². The first-order valence-corrected chi connectivity index (χ1v) is 3.93. The Labute approximate surface area is 63.1 Å². The van der Waals surface area contributed by atoms with Gasteiger partial charge in [-0.1, -0.05) is 0 Å². The molecule has 0 bridgehead atoms. The van der Waals surface area contributed by atoms with Gasteiger partial charge in [0.25, 0.3) is 0 Å². The normalized spacial score (nSPS) is 17.4. The van der Waals surface area contributed by atoms with Crippen molar-refractivity contribution >= 4 is 17.7 Å². The van der Waals surface area contributed by atoms with Crippen molar-refractivity contribution in [3.8, 4) is 0 Å². The standard InChI is InChI=1S/C6H8O3S/c7-6(8)3-5-4-9-1-2-10-5/h4H,1-3H2,(H,7,8). The van der Waals surface area contributed by atoms with E-state index in [0.717, 1.165) is 10.7 Å². The summed E-state index contributed by atoms with van der Waals surface area (Å²) in [7, 11) is 0. The van der Waals surface area contributed by atoms with Crippen LogP contribution in [-0.2, 0) is 9.53 Å². The van der Waals surface area contributed by atoms with E-state index < -0.39 is 5.97 Å². The number of carboxylic acid groups (broad SMARTS) is 1. The molecular formula is C6H8O3S. The quantitative estimate of drug-likeness (QED) is 0.656. The second-order valence-electron chi connectivity index (χ2n) is 1.87. The molecule has 0 aromatic rings. The number of aliphatic carboxylic acids is 1. The van der Waals surface area contributed by atoms with E-state index in [4.69, 9.17) is 9.84 Å². The zero-order valence-electron chi connectivity index (χ0n) is 5.37. The van der Waals surface area contributed by atoms with Gasteiger partial charge in [0.15, 0.2) is 0 Å². The molecule has 10 heavy (non-hydrogen) atoms. The first-order valence-electron chi connectivity index (χ1n) is 2.94. The number of rotatable bonds is 2. The summed E-state index contributed by atoms with van der Waals surface area (Å²) in [5, 5.41) is 8.36. The summed E-state index contributed by atoms with van der Waals surface area (Å²) in [6, 6.07) is 0. The molecule has 0 aromatic carbocycles. The lowest BCUT2D eigenvalue weighted by Gasteiger charge is -2.10. The van der Waals surface area contributed by atoms with Crippen molar-refractivity contribution in [2.75, 3.05) is 12.4 Å². The van der Waals surface area contributed by atoms with Gasteiger partial charge in [0, 0.05) is 10.7 Å². The molecule has 3 nitrogen and oxygen atoms in total. The number of hydrogen-bond donors (Lipinski definition) is 1. The van der Waals surface area contributed by atoms with E-state index in [0.29, 0.717) is 6.61 Å². The number of ether oxygens (including phenoxy) is 1. The van der Waals surface area contributed by atoms with Gasteiger partial charge >= 0.3 is 5.97 Å². The number of thioether (sulfide) groups is 1. The van der Waals surface area contributed by atoms with Crippen LogP contribution in [0.1, 0.15) is 6.42 Å². The molecule has 0 radical (unpaired) electrons. The van der Waals surface area contributed by atoms with Gasteiger partial charge in [-0.2, -0.15) is 0 Å². The third kappa shape index (κ3) is 2.31. The van der Waals surface area contributed by atoms with E-state index in [1.54, 1.807) is 11.8 Å². The van der Waals surface area contributed by atoms with Crippen molar-refractivity contribution in [3.05, 3.63) is 11.2 Å². The smallest absolute Gasteiger partial charge is 0.308 e. The van der Waals surface area contributed by atoms with Crippen LogP contribution in [0.4, 0.5) is 0 Å². The minimum Gasteiger partial charge on any atom is -0.499 e. The van der Waals surface area contributed by atoms with Gasteiger partial charge < -0.3 is 9.84 Å². The molecule has 0 amide bonds. The summed E-state index contributed by atoms with van der Waals surface area (Å²) in [5.74, 6) is 0.0586. The predicted octanol–water partition coefficient (Wildman–Crippen LogP) is 1.07. The Hall–Kier alpha value is -0.640. The Balaban J connectivity index is 2.38. The van der Waals surface area contributed by atoms with E-state index in [1.807, 2.05) is 0 Å². The van der Waals surface area contributed by atoms with Gasteiger partial charge in [-0.15, -0.1) is 11.8 Å². The molecule has 0 aromatic heterocycles. The Morgan fingerprint density at radius 2 is 2.70 bits per heavy atom. The van der Waals surface area contributed by atoms with Crippen LogP contribution in [0.2, 0.25) is 0 Å². The Morgan fingerprint density at radius 1 is 1.90 bits per heavy atom. The van der Waals surface area contributed by atoms with Crippen LogP contribution < -0.4 is 0 Å². The van der Waals surface area contributed by atoms with Crippen molar-refractivity contribution in [3.63, 3.8) is 0 Å². The average Bonchev–Trinajstić information content (AvgIpc) is 1.88. The van der Waals surface area contributed by atoms with Crippen molar-refractivity contribution in [1.82, 2.24) is 0 Å². The van der Waals surface area contributed by atoms with Crippen LogP contribution in [0, 0.1) is 0 Å². The number of hydrogen-bond acceptors (Lipinski definition) is 3. The zero-order chi connectivity index (χ0) is 7.40. The van der Waals surface area contributed by atoms with Crippen molar-refractivity contribution in [1.29, 1.82) is 0 Å². The molecule has 0 unspecified atom stereocenters. The summed E-state index contributed by atoms with van der Waals surface area (Å²) in [4.78, 5) is 11.0. The van der Waals surface area contributed by atoms with Crippen LogP contribution in [-0.4, -0.2) is 23.4 Å². The third-order valence-corrected chi connectivity index (χ3v) is 2.01. The van der Waals surface area contributed by atoms with Gasteiger partial charge in [0.05, 0.1) is 19.3 Å². The molecule has 0 atom stereocenters. The van der Waals surface area contributed by atoms with Crippen molar-refractivity contribution < 1.29 is 14.6 Å². The Kier molecular flexibility index (Phi) is 2.62. The first kappa shape index (κ1) is 7.47. The average molecular weight is 160 g/mol. The third-order valence-electron chi connectivity index (χ3n) is 1.03. The maximum atomic E-state index is 10.2. The van der Waals surface area contributed by atoms with E-state index in [2.05, 4.69) is 0 Å². The highest BCUT2D eigenvalue weighted by Gasteiger charge is 2.08. The predicted molar refractivity (Wildman–Crippen MR) is 38.7 cm³/mol. The summed E-state index contributed by atoms with van der Waals surface area (Å²) >= 11 is 1.55. The lowest BCUT2D eigenvalue weighted by molar-refractivity contribution is -0.136. The highest BCUT2D eigenvalue weighted by molar-refractivity contribution is 8.03. The Morgan fingerprint density at radius 3 is 3.20 bits per heavy atom. The molecule has 0 saturated carbocycles. The maximum absolute atomic E-state index is 10.2. The molecule has 1 heterocycles. The fraction of sp³-hybridized carbons (Fsp3) is 0.500. The van der Waals surface area contributed by atoms with Crippen LogP contribution in [0.5, 0.6) is 0 Å². The first-order chi connectivity index (χ1) is 4.79. The fourth-order valence-electron chi connectivity index (χ4n) is 0.649. The van der Waals surface area contributed by atoms with Crippen molar-refractivity contribution in [2.45, 2.75) is 6.42 Å². The number of carboxylic acids is 1. The molecule has 4 heteroatoms. The molecule has 0 saturated heterocycles. The van der Waals surface area contributed by atoms with Crippen LogP contribution in [0.15, 0.2) is 11.2 Å². The molecule has 0 spiro atoms. The second-order valence-corrected chi connectivity index (χ2v) is 3.10. The monoisotopic (exact) mass is 160 g/mol. The summed E-state index contributed by atoms with van der Waals surface area (Å²) in [6.45, 7) is 0.688. The minimum atomic E-state index is -0.802. The molecule has 0 fully saturated rings. The highest BCUT2D eigenvalue weighted by atomic mass is 32.2. The largest absolute Gasteiger partial charge is 0.499 e.